The standard InChI is InChI=1S/C114H114O3S12/c1-7-13-19-25-61-112(62-26-20-14-8-2)82-67-73(85-43-46-94(121-85)97-55-58-103(127-97)100-52-49-91(124-100)88-40-34-76(70-115)118-88)31-37-79(82)106-109(112)107-80-38-32-74(86-44-47-95(122-86)98-56-59-104(128-98)101-53-50-92(125-101)89-41-35-77(71-116)119-89)68-83(80)113(63-27-21-15-9-3,64-28-22-16-10-4)111(107)108-81-39-33-75(69-84(81)114(110(106)108,65-29-23-17-11-5)66-30-24-18-12-6)87-45-48-96(123-87)99-57-60-105(129-99)102-54-51-93(126-102)90-42-36-78(72-117)120-90/h31-60,67-72H,7-30,61-66H2,1-6H3. The number of hydrogen-bond donors (Lipinski definition) is 0. The zero-order chi connectivity index (χ0) is 88.2. The van der Waals surface area contributed by atoms with Gasteiger partial charge < -0.3 is 0 Å². The summed E-state index contributed by atoms with van der Waals surface area (Å²) in [4.78, 5) is 64.2. The van der Waals surface area contributed by atoms with Gasteiger partial charge in [-0.2, -0.15) is 0 Å². The third-order valence-corrected chi connectivity index (χ3v) is 42.5. The third kappa shape index (κ3) is 17.8. The summed E-state index contributed by atoms with van der Waals surface area (Å²) in [6, 6.07) is 78.7. The maximum Gasteiger partial charge on any atom is 0.160 e. The van der Waals surface area contributed by atoms with E-state index in [4.69, 9.17) is 0 Å². The highest BCUT2D eigenvalue weighted by atomic mass is 32.1. The summed E-state index contributed by atoms with van der Waals surface area (Å²) in [6.07, 6.45) is 38.9. The van der Waals surface area contributed by atoms with Crippen LogP contribution < -0.4 is 0 Å². The van der Waals surface area contributed by atoms with Crippen LogP contribution in [-0.2, 0) is 16.2 Å². The van der Waals surface area contributed by atoms with Gasteiger partial charge in [-0.25, -0.2) is 0 Å². The van der Waals surface area contributed by atoms with Crippen LogP contribution in [0.2, 0.25) is 0 Å². The van der Waals surface area contributed by atoms with Crippen LogP contribution >= 0.6 is 136 Å². The van der Waals surface area contributed by atoms with Gasteiger partial charge in [-0.1, -0.05) is 232 Å². The monoisotopic (exact) mass is 1910 g/mol. The second-order valence-corrected chi connectivity index (χ2v) is 49.2. The zero-order valence-electron chi connectivity index (χ0n) is 75.1. The molecule has 3 nitrogen and oxygen atoms in total. The number of aldehydes is 3. The fraction of sp³-hybridized carbons (Fsp3) is 0.342. The van der Waals surface area contributed by atoms with Crippen LogP contribution in [0.4, 0.5) is 0 Å². The lowest BCUT2D eigenvalue weighted by Gasteiger charge is -2.40. The largest absolute Gasteiger partial charge is 0.297 e. The second kappa shape index (κ2) is 40.6. The van der Waals surface area contributed by atoms with E-state index in [1.54, 1.807) is 84.1 Å². The third-order valence-electron chi connectivity index (χ3n) is 27.8. The van der Waals surface area contributed by atoms with E-state index in [0.717, 1.165) is 86.6 Å². The Morgan fingerprint density at radius 1 is 0.194 bits per heavy atom. The summed E-state index contributed by atoms with van der Waals surface area (Å²) in [5, 5.41) is 0. The van der Waals surface area contributed by atoms with Gasteiger partial charge in [0.15, 0.2) is 18.9 Å². The smallest absolute Gasteiger partial charge is 0.160 e. The molecule has 15 heteroatoms. The van der Waals surface area contributed by atoms with Gasteiger partial charge in [-0.15, -0.1) is 136 Å². The van der Waals surface area contributed by atoms with Crippen LogP contribution in [0.25, 0.3) is 152 Å². The van der Waals surface area contributed by atoms with Gasteiger partial charge in [0.25, 0.3) is 0 Å². The molecule has 3 aliphatic carbocycles. The molecule has 0 aliphatic heterocycles. The molecule has 0 amide bonds. The van der Waals surface area contributed by atoms with E-state index in [0.29, 0.717) is 0 Å². The Labute approximate surface area is 812 Å². The Kier molecular flexibility index (Phi) is 28.5. The number of carbonyl (C=O) groups excluding carboxylic acids is 3. The highest BCUT2D eigenvalue weighted by Gasteiger charge is 2.58. The van der Waals surface area contributed by atoms with Gasteiger partial charge in [0, 0.05) is 119 Å². The van der Waals surface area contributed by atoms with Gasteiger partial charge in [-0.05, 0) is 286 Å². The van der Waals surface area contributed by atoms with E-state index in [9.17, 15) is 14.4 Å². The van der Waals surface area contributed by atoms with Crippen LogP contribution in [0.15, 0.2) is 200 Å². The molecule has 0 atom stereocenters. The Balaban J connectivity index is 0.825. The lowest BCUT2D eigenvalue weighted by Crippen LogP contribution is -2.31. The van der Waals surface area contributed by atoms with Gasteiger partial charge in [0.05, 0.1) is 14.6 Å². The minimum atomic E-state index is -0.267. The van der Waals surface area contributed by atoms with Crippen molar-refractivity contribution in [3.05, 3.63) is 248 Å². The maximum absolute atomic E-state index is 11.8. The number of carbonyl (C=O) groups is 3. The van der Waals surface area contributed by atoms with E-state index in [2.05, 4.69) is 224 Å². The SMILES string of the molecule is CCCCCCC1(CCCCCC)c2cc(-c3ccc(-c4ccc(-c5ccc(-c6ccc(C=O)s6)s5)s4)s3)ccc2-c2c1c1c(c3c2C(CCCCCC)(CCCCCC)c2cc(-c4ccc(-c5ccc(-c6ccc(-c7ccc(C=O)s7)s6)s5)s4)ccc2-3)C(CCCCCC)(CCCCCC)c2cc(-c3ccc(-c4ccc(-c5ccc(-c6ccc(C=O)s6)s5)s4)s3)ccc2-1. The molecule has 0 radical (unpaired) electrons. The van der Waals surface area contributed by atoms with Crippen molar-refractivity contribution in [3.8, 4) is 152 Å². The summed E-state index contributed by atoms with van der Waals surface area (Å²) in [5.74, 6) is 0. The van der Waals surface area contributed by atoms with Gasteiger partial charge in [0.2, 0.25) is 0 Å². The minimum absolute atomic E-state index is 0.267. The quantitative estimate of drug-likeness (QED) is 0.0282. The normalized spacial score (nSPS) is 13.6. The maximum atomic E-state index is 11.8. The average molecular weight is 1920 g/mol. The summed E-state index contributed by atoms with van der Waals surface area (Å²) >= 11 is 21.8. The molecule has 4 aromatic carbocycles. The van der Waals surface area contributed by atoms with Crippen LogP contribution in [0.3, 0.4) is 0 Å². The van der Waals surface area contributed by atoms with E-state index in [1.807, 2.05) is 120 Å². The Bertz CT molecular complexity index is 5940. The molecule has 19 rings (SSSR count). The summed E-state index contributed by atoms with van der Waals surface area (Å²) in [6.45, 7) is 14.5. The fourth-order valence-corrected chi connectivity index (χ4v) is 33.8. The van der Waals surface area contributed by atoms with Crippen molar-refractivity contribution in [3.63, 3.8) is 0 Å². The van der Waals surface area contributed by atoms with Crippen LogP contribution in [0, 0.1) is 0 Å². The molecular weight excluding hydrogens is 1800 g/mol. The lowest BCUT2D eigenvalue weighted by molar-refractivity contribution is 0.111. The number of thiophene rings is 12. The Morgan fingerprint density at radius 3 is 0.543 bits per heavy atom. The molecule has 0 unspecified atom stereocenters. The number of benzene rings is 4. The van der Waals surface area contributed by atoms with E-state index in [1.165, 1.54) is 275 Å². The molecule has 0 N–H and O–H groups in total. The highest BCUT2D eigenvalue weighted by molar-refractivity contribution is 7.31. The first-order valence-corrected chi connectivity index (χ1v) is 57.5. The zero-order valence-corrected chi connectivity index (χ0v) is 84.9. The topological polar surface area (TPSA) is 51.2 Å². The molecule has 129 heavy (non-hydrogen) atoms. The second-order valence-electron chi connectivity index (χ2n) is 36.1. The number of rotatable bonds is 45. The van der Waals surface area contributed by atoms with Crippen molar-refractivity contribution in [2.24, 2.45) is 0 Å². The van der Waals surface area contributed by atoms with Crippen LogP contribution in [0.5, 0.6) is 0 Å². The highest BCUT2D eigenvalue weighted by Crippen LogP contribution is 2.73. The summed E-state index contributed by atoms with van der Waals surface area (Å²) in [5.41, 5.74) is 22.7. The molecule has 3 aliphatic rings. The molecule has 0 fully saturated rings. The molecule has 16 aromatic rings. The number of unbranched alkanes of at least 4 members (excludes halogenated alkanes) is 18. The van der Waals surface area contributed by atoms with E-state index < -0.39 is 0 Å². The van der Waals surface area contributed by atoms with E-state index in [-0.39, 0.29) is 16.2 Å². The molecule has 12 heterocycles. The first-order chi connectivity index (χ1) is 63.4. The molecule has 0 saturated heterocycles. The van der Waals surface area contributed by atoms with Gasteiger partial charge in [-0.3, -0.25) is 14.4 Å². The van der Waals surface area contributed by atoms with Crippen molar-refractivity contribution in [1.29, 1.82) is 0 Å². The lowest BCUT2D eigenvalue weighted by atomic mass is 9.63. The molecule has 0 saturated carbocycles. The van der Waals surface area contributed by atoms with E-state index >= 15 is 0 Å². The summed E-state index contributed by atoms with van der Waals surface area (Å²) in [7, 11) is 0. The Hall–Kier alpha value is -7.71. The van der Waals surface area contributed by atoms with Gasteiger partial charge >= 0.3 is 0 Å². The van der Waals surface area contributed by atoms with Crippen molar-refractivity contribution in [2.75, 3.05) is 0 Å². The van der Waals surface area contributed by atoms with Crippen LogP contribution in [-0.4, -0.2) is 18.9 Å². The molecule has 0 bridgehead atoms. The molecular formula is C114H114O3S12. The first-order valence-electron chi connectivity index (χ1n) is 47.7. The van der Waals surface area contributed by atoms with Crippen molar-refractivity contribution < 1.29 is 14.4 Å². The molecule has 12 aromatic heterocycles. The fourth-order valence-electron chi connectivity index (χ4n) is 21.5. The van der Waals surface area contributed by atoms with Crippen molar-refractivity contribution in [1.82, 2.24) is 0 Å². The molecule has 660 valence electrons. The Morgan fingerprint density at radius 2 is 0.364 bits per heavy atom. The minimum Gasteiger partial charge on any atom is -0.297 e. The molecule has 0 spiro atoms. The van der Waals surface area contributed by atoms with Crippen LogP contribution in [0.1, 0.15) is 297 Å². The summed E-state index contributed by atoms with van der Waals surface area (Å²) < 4.78 is 0. The van der Waals surface area contributed by atoms with Crippen molar-refractivity contribution in [2.45, 2.75) is 250 Å². The first kappa shape index (κ1) is 90.5. The van der Waals surface area contributed by atoms with Gasteiger partial charge in [0.1, 0.15) is 0 Å². The number of fused-ring (bicyclic) bond motifs is 12. The van der Waals surface area contributed by atoms with Crippen molar-refractivity contribution >= 4 is 155 Å². The predicted molar refractivity (Wildman–Crippen MR) is 574 cm³/mol. The average Bonchev–Trinajstić information content (AvgIpc) is 1.48. The number of hydrogen-bond acceptors (Lipinski definition) is 15. The predicted octanol–water partition coefficient (Wildman–Crippen LogP) is 40.5.